The number of fused-ring (bicyclic) bond motifs is 2. The van der Waals surface area contributed by atoms with E-state index in [0.29, 0.717) is 95.8 Å². The molecule has 0 aromatic heterocycles. The minimum Gasteiger partial charge on any atom is -0.744 e. The number of ether oxygens (including phenoxy) is 12. The van der Waals surface area contributed by atoms with Crippen LogP contribution in [0.5, 0.6) is 46.0 Å². The normalized spacial score (nSPS) is 16.4. The van der Waals surface area contributed by atoms with Crippen LogP contribution < -0.4 is 37.9 Å². The van der Waals surface area contributed by atoms with Gasteiger partial charge in [-0.05, 0) is 134 Å². The Morgan fingerprint density at radius 2 is 0.725 bits per heavy atom. The molecule has 0 radical (unpaired) electrons. The number of quaternary nitrogens is 2. The summed E-state index contributed by atoms with van der Waals surface area (Å²) in [6, 6.07) is 34.9. The molecule has 6 aromatic carbocycles. The second kappa shape index (κ2) is 41.7. The molecule has 0 unspecified atom stereocenters. The van der Waals surface area contributed by atoms with Gasteiger partial charge >= 0.3 is 23.9 Å². The van der Waals surface area contributed by atoms with Crippen LogP contribution in [0.4, 0.5) is 0 Å². The van der Waals surface area contributed by atoms with E-state index in [1.807, 2.05) is 24.3 Å². The molecular formula is C76H98N2O22S2. The van der Waals surface area contributed by atoms with E-state index in [1.165, 1.54) is 70.8 Å². The summed E-state index contributed by atoms with van der Waals surface area (Å²) in [6.07, 6.45) is 10.6. The van der Waals surface area contributed by atoms with Crippen LogP contribution in [-0.4, -0.2) is 182 Å². The van der Waals surface area contributed by atoms with Crippen molar-refractivity contribution in [2.45, 2.75) is 98.9 Å². The molecule has 0 bridgehead atoms. The molecule has 556 valence electrons. The van der Waals surface area contributed by atoms with E-state index >= 15 is 0 Å². The topological polar surface area (TPSA) is 293 Å². The van der Waals surface area contributed by atoms with Gasteiger partial charge in [0.1, 0.15) is 32.3 Å². The first-order valence-electron chi connectivity index (χ1n) is 33.3. The molecule has 8 rings (SSSR count). The zero-order valence-electron chi connectivity index (χ0n) is 60.1. The fourth-order valence-electron chi connectivity index (χ4n) is 11.9. The molecule has 102 heavy (non-hydrogen) atoms. The fraction of sp³-hybridized carbons (Fsp3) is 0.421. The minimum atomic E-state index is -4.25. The smallest absolute Gasteiger partial charge is 0.330 e. The predicted octanol–water partition coefficient (Wildman–Crippen LogP) is 10.9. The van der Waals surface area contributed by atoms with Crippen LogP contribution in [0.25, 0.3) is 0 Å². The number of carbonyl (C=O) groups excluding carboxylic acids is 4. The van der Waals surface area contributed by atoms with E-state index in [0.717, 1.165) is 112 Å². The summed E-state index contributed by atoms with van der Waals surface area (Å²) in [4.78, 5) is 47.2. The molecule has 6 aromatic rings. The van der Waals surface area contributed by atoms with Crippen LogP contribution in [0.2, 0.25) is 0 Å². The van der Waals surface area contributed by atoms with E-state index < -0.39 is 32.2 Å². The Morgan fingerprint density at radius 1 is 0.422 bits per heavy atom. The molecule has 0 spiro atoms. The van der Waals surface area contributed by atoms with Crippen molar-refractivity contribution in [2.24, 2.45) is 0 Å². The van der Waals surface area contributed by atoms with Gasteiger partial charge in [0.25, 0.3) is 0 Å². The summed E-state index contributed by atoms with van der Waals surface area (Å²) in [6.45, 7) is 11.2. The van der Waals surface area contributed by atoms with Crippen molar-refractivity contribution < 1.29 is 111 Å². The summed E-state index contributed by atoms with van der Waals surface area (Å²) in [5.41, 5.74) is 7.06. The number of rotatable bonds is 34. The van der Waals surface area contributed by atoms with Gasteiger partial charge in [-0.15, -0.1) is 0 Å². The Kier molecular flexibility index (Phi) is 34.1. The van der Waals surface area contributed by atoms with Crippen LogP contribution in [0, 0.1) is 0 Å². The van der Waals surface area contributed by atoms with E-state index in [-0.39, 0.29) is 33.8 Å². The molecule has 24 nitrogen and oxygen atoms in total. The Labute approximate surface area is 600 Å². The summed E-state index contributed by atoms with van der Waals surface area (Å²) in [5.74, 6) is 4.31. The Hall–Kier alpha value is -9.18. The standard InChI is InChI=1S/2C32H44NO8.2C6H6O3S/c2*1-7-31(34)40-17-9-8-10-18-41-32(35)14-16-33(2)15-13-24-21-29(38-5)30(39-6)22-25(24)26(33)19-23-11-12-27(36-3)28(20-23)37-4;2*7-10(8,9)6-4-2-1-3-5-6/h2*7,11-12,20-22,26H,1,8-10,13-19H2,2-6H3;2*1-5H,(H,7,8,9)/q2*+1;;/p-2/t26-,33+;26-,33-;;/m11../s1. The monoisotopic (exact) mass is 1450 g/mol. The van der Waals surface area contributed by atoms with Crippen LogP contribution in [0.15, 0.2) is 156 Å². The minimum absolute atomic E-state index is 0.0720. The molecule has 0 aliphatic carbocycles. The molecule has 0 amide bonds. The number of nitrogens with zero attached hydrogens (tertiary/aromatic N) is 2. The zero-order chi connectivity index (χ0) is 74.9. The third-order valence-electron chi connectivity index (χ3n) is 17.7. The highest BCUT2D eigenvalue weighted by Crippen LogP contribution is 2.45. The van der Waals surface area contributed by atoms with Gasteiger partial charge in [0.2, 0.25) is 0 Å². The number of likely N-dealkylation sites (N-methyl/N-ethyl adjacent to an activating group) is 2. The average molecular weight is 1460 g/mol. The van der Waals surface area contributed by atoms with E-state index in [2.05, 4.69) is 63.7 Å². The number of carbonyl (C=O) groups is 4. The van der Waals surface area contributed by atoms with Gasteiger partial charge in [-0.25, -0.2) is 26.4 Å². The maximum absolute atomic E-state index is 12.7. The van der Waals surface area contributed by atoms with Crippen LogP contribution in [0.1, 0.15) is 96.8 Å². The van der Waals surface area contributed by atoms with E-state index in [4.69, 9.17) is 56.8 Å². The highest BCUT2D eigenvalue weighted by atomic mass is 32.2. The van der Waals surface area contributed by atoms with Gasteiger partial charge in [-0.2, -0.15) is 0 Å². The molecule has 4 atom stereocenters. The van der Waals surface area contributed by atoms with Crippen molar-refractivity contribution in [1.82, 2.24) is 0 Å². The lowest BCUT2D eigenvalue weighted by molar-refractivity contribution is -0.940. The average Bonchev–Trinajstić information content (AvgIpc) is 0.763. The number of unbranched alkanes of at least 4 members (excludes halogenated alkanes) is 4. The maximum atomic E-state index is 12.7. The summed E-state index contributed by atoms with van der Waals surface area (Å²) >= 11 is 0. The number of benzene rings is 6. The third kappa shape index (κ3) is 25.7. The lowest BCUT2D eigenvalue weighted by Gasteiger charge is -2.46. The SMILES string of the molecule is C=CC(=O)OCCCCCOC(=O)CC[N@+]1(C)CCc2cc(OC)c(OC)cc2[C@H]1Cc1ccc(OC)c(OC)c1.C=CC(=O)OCCCCCOC(=O)CC[N@@+]1(C)CCc2cc(OC)c(OC)cc2[C@H]1Cc1ccc(OC)c(OC)c1.O=S(=O)([O-])c1ccccc1.O=S(=O)([O-])c1ccccc1. The van der Waals surface area contributed by atoms with Gasteiger partial charge in [-0.3, -0.25) is 9.59 Å². The zero-order valence-corrected chi connectivity index (χ0v) is 61.7. The summed E-state index contributed by atoms with van der Waals surface area (Å²) in [5, 5.41) is 0. The third-order valence-corrected chi connectivity index (χ3v) is 19.4. The van der Waals surface area contributed by atoms with Gasteiger partial charge in [0, 0.05) is 49.0 Å². The molecule has 0 saturated heterocycles. The number of hydrogen-bond donors (Lipinski definition) is 0. The molecule has 0 N–H and O–H groups in total. The lowest BCUT2D eigenvalue weighted by atomic mass is 9.86. The predicted molar refractivity (Wildman–Crippen MR) is 380 cm³/mol. The fourth-order valence-corrected chi connectivity index (χ4v) is 12.9. The van der Waals surface area contributed by atoms with Crippen LogP contribution >= 0.6 is 0 Å². The van der Waals surface area contributed by atoms with Gasteiger partial charge in [-0.1, -0.05) is 61.7 Å². The Bertz CT molecular complexity index is 3680. The highest BCUT2D eigenvalue weighted by molar-refractivity contribution is 7.86. The first kappa shape index (κ1) is 83.5. The summed E-state index contributed by atoms with van der Waals surface area (Å²) in [7, 11) is 9.04. The largest absolute Gasteiger partial charge is 0.744 e. The van der Waals surface area contributed by atoms with Crippen molar-refractivity contribution in [3.05, 3.63) is 180 Å². The van der Waals surface area contributed by atoms with Crippen LogP contribution in [0.3, 0.4) is 0 Å². The highest BCUT2D eigenvalue weighted by Gasteiger charge is 2.42. The number of esters is 4. The van der Waals surface area contributed by atoms with Crippen molar-refractivity contribution in [2.75, 3.05) is 124 Å². The molecular weight excluding hydrogens is 1360 g/mol. The molecule has 0 fully saturated rings. The Morgan fingerprint density at radius 3 is 1.02 bits per heavy atom. The van der Waals surface area contributed by atoms with E-state index in [9.17, 15) is 45.1 Å². The molecule has 2 aliphatic heterocycles. The first-order chi connectivity index (χ1) is 48.8. The molecule has 0 saturated carbocycles. The lowest BCUT2D eigenvalue weighted by Crippen LogP contribution is -2.53. The maximum Gasteiger partial charge on any atom is 0.330 e. The van der Waals surface area contributed by atoms with Crippen LogP contribution in [-0.2, 0) is 84.0 Å². The number of hydrogen-bond acceptors (Lipinski definition) is 22. The van der Waals surface area contributed by atoms with E-state index in [1.54, 1.807) is 69.0 Å². The second-order valence-electron chi connectivity index (χ2n) is 24.3. The Balaban J connectivity index is 0.000000287. The van der Waals surface area contributed by atoms with Gasteiger partial charge in [0.15, 0.2) is 46.0 Å². The number of methoxy groups -OCH3 is 8. The van der Waals surface area contributed by atoms with Crippen molar-refractivity contribution >= 4 is 44.1 Å². The first-order valence-corrected chi connectivity index (χ1v) is 36.1. The van der Waals surface area contributed by atoms with Gasteiger partial charge < -0.3 is 74.9 Å². The van der Waals surface area contributed by atoms with Crippen molar-refractivity contribution in [3.63, 3.8) is 0 Å². The quantitative estimate of drug-likeness (QED) is 0.00905. The molecule has 26 heteroatoms. The van der Waals surface area contributed by atoms with Crippen molar-refractivity contribution in [1.29, 1.82) is 0 Å². The van der Waals surface area contributed by atoms with Gasteiger partial charge in [0.05, 0.1) is 146 Å². The van der Waals surface area contributed by atoms with Crippen molar-refractivity contribution in [3.8, 4) is 46.0 Å². The molecule has 2 aliphatic rings. The molecule has 2 heterocycles. The second-order valence-corrected chi connectivity index (χ2v) is 27.1. The summed E-state index contributed by atoms with van der Waals surface area (Å²) < 4.78 is 129.